The van der Waals surface area contributed by atoms with Crippen molar-refractivity contribution in [3.05, 3.63) is 45.3 Å². The van der Waals surface area contributed by atoms with E-state index in [0.717, 1.165) is 0 Å². The first-order valence-corrected chi connectivity index (χ1v) is 6.45. The molecule has 6 heteroatoms. The largest absolute Gasteiger partial charge is 0.493 e. The van der Waals surface area contributed by atoms with Gasteiger partial charge in [-0.3, -0.25) is 4.79 Å². The number of rotatable bonds is 4. The lowest BCUT2D eigenvalue weighted by atomic mass is 10.1. The van der Waals surface area contributed by atoms with Crippen LogP contribution in [0.2, 0.25) is 5.02 Å². The number of carbonyl (C=O) groups is 1. The van der Waals surface area contributed by atoms with Crippen LogP contribution in [0, 0.1) is 0 Å². The molecule has 0 aliphatic rings. The summed E-state index contributed by atoms with van der Waals surface area (Å²) in [5.74, 6) is 0.767. The smallest absolute Gasteiger partial charge is 0.229 e. The van der Waals surface area contributed by atoms with E-state index in [-0.39, 0.29) is 16.6 Å². The predicted octanol–water partition coefficient (Wildman–Crippen LogP) is 3.94. The third-order valence-corrected chi connectivity index (χ3v) is 3.25. The highest BCUT2D eigenvalue weighted by atomic mass is 79.9. The van der Waals surface area contributed by atoms with E-state index in [9.17, 15) is 4.79 Å². The molecule has 2 aromatic rings. The van der Waals surface area contributed by atoms with Gasteiger partial charge < -0.3 is 13.9 Å². The average Bonchev–Trinajstić information content (AvgIpc) is 2.84. The second-order valence-electron chi connectivity index (χ2n) is 3.62. The van der Waals surface area contributed by atoms with Gasteiger partial charge >= 0.3 is 0 Å². The summed E-state index contributed by atoms with van der Waals surface area (Å²) in [6.07, 6.45) is 0. The molecule has 0 spiro atoms. The number of hydrogen-bond donors (Lipinski definition) is 0. The fraction of sp³-hybridized carbons (Fsp3) is 0.154. The normalized spacial score (nSPS) is 10.3. The molecule has 1 heterocycles. The van der Waals surface area contributed by atoms with Gasteiger partial charge in [-0.1, -0.05) is 11.6 Å². The highest BCUT2D eigenvalue weighted by molar-refractivity contribution is 9.10. The van der Waals surface area contributed by atoms with E-state index in [1.54, 1.807) is 12.1 Å². The van der Waals surface area contributed by atoms with Crippen LogP contribution in [-0.4, -0.2) is 20.0 Å². The van der Waals surface area contributed by atoms with Crippen molar-refractivity contribution >= 4 is 33.3 Å². The topological polar surface area (TPSA) is 48.7 Å². The highest BCUT2D eigenvalue weighted by Crippen LogP contribution is 2.34. The van der Waals surface area contributed by atoms with Gasteiger partial charge in [0.1, 0.15) is 0 Å². The average molecular weight is 346 g/mol. The Morgan fingerprint density at radius 1 is 1.21 bits per heavy atom. The second-order valence-corrected chi connectivity index (χ2v) is 4.81. The van der Waals surface area contributed by atoms with Gasteiger partial charge in [-0.2, -0.15) is 0 Å². The number of ether oxygens (including phenoxy) is 2. The van der Waals surface area contributed by atoms with Crippen LogP contribution in [0.5, 0.6) is 11.5 Å². The first kappa shape index (κ1) is 14.0. The van der Waals surface area contributed by atoms with Gasteiger partial charge in [0.05, 0.1) is 19.2 Å². The first-order valence-electron chi connectivity index (χ1n) is 5.28. The molecule has 0 saturated heterocycles. The minimum Gasteiger partial charge on any atom is -0.493 e. The van der Waals surface area contributed by atoms with Gasteiger partial charge in [0.25, 0.3) is 0 Å². The summed E-state index contributed by atoms with van der Waals surface area (Å²) in [4.78, 5) is 12.3. The Morgan fingerprint density at radius 3 is 2.37 bits per heavy atom. The van der Waals surface area contributed by atoms with Gasteiger partial charge in [0, 0.05) is 11.6 Å². The number of furan rings is 1. The van der Waals surface area contributed by atoms with E-state index < -0.39 is 0 Å². The molecule has 4 nitrogen and oxygen atoms in total. The van der Waals surface area contributed by atoms with Crippen LogP contribution >= 0.6 is 27.5 Å². The van der Waals surface area contributed by atoms with Gasteiger partial charge in [-0.05, 0) is 34.1 Å². The molecule has 0 N–H and O–H groups in total. The quantitative estimate of drug-likeness (QED) is 0.787. The molecule has 0 amide bonds. The maximum atomic E-state index is 12.3. The molecule has 1 aromatic carbocycles. The standard InChI is InChI=1S/C13H10BrClO4/c1-17-10-5-7(8(15)6-11(10)18-2)13(16)9-3-4-12(14)19-9/h3-6H,1-2H3. The zero-order valence-electron chi connectivity index (χ0n) is 10.2. The van der Waals surface area contributed by atoms with Crippen LogP contribution in [0.3, 0.4) is 0 Å². The van der Waals surface area contributed by atoms with Gasteiger partial charge in [0.15, 0.2) is 21.9 Å². The lowest BCUT2D eigenvalue weighted by molar-refractivity contribution is 0.101. The third-order valence-electron chi connectivity index (χ3n) is 2.51. The number of ketones is 1. The summed E-state index contributed by atoms with van der Waals surface area (Å²) in [6, 6.07) is 6.27. The fourth-order valence-corrected chi connectivity index (χ4v) is 2.14. The maximum Gasteiger partial charge on any atom is 0.229 e. The highest BCUT2D eigenvalue weighted by Gasteiger charge is 2.19. The Labute approximate surface area is 123 Å². The van der Waals surface area contributed by atoms with Crippen LogP contribution in [0.4, 0.5) is 0 Å². The molecular weight excluding hydrogens is 335 g/mol. The van der Waals surface area contributed by atoms with Crippen molar-refractivity contribution in [2.75, 3.05) is 14.2 Å². The van der Waals surface area contributed by atoms with Crippen LogP contribution in [0.1, 0.15) is 16.1 Å². The molecule has 19 heavy (non-hydrogen) atoms. The Morgan fingerprint density at radius 2 is 1.84 bits per heavy atom. The summed E-state index contributed by atoms with van der Waals surface area (Å²) in [5.41, 5.74) is 0.293. The summed E-state index contributed by atoms with van der Waals surface area (Å²) in [5, 5.41) is 0.273. The zero-order chi connectivity index (χ0) is 14.0. The number of hydrogen-bond acceptors (Lipinski definition) is 4. The van der Waals surface area contributed by atoms with E-state index in [2.05, 4.69) is 15.9 Å². The van der Waals surface area contributed by atoms with Crippen molar-refractivity contribution in [1.82, 2.24) is 0 Å². The monoisotopic (exact) mass is 344 g/mol. The van der Waals surface area contributed by atoms with Crippen molar-refractivity contribution in [3.63, 3.8) is 0 Å². The molecule has 0 aliphatic carbocycles. The summed E-state index contributed by atoms with van der Waals surface area (Å²) >= 11 is 9.22. The molecule has 100 valence electrons. The van der Waals surface area contributed by atoms with Gasteiger partial charge in [0.2, 0.25) is 5.78 Å². The Kier molecular flexibility index (Phi) is 4.17. The number of carbonyl (C=O) groups excluding carboxylic acids is 1. The van der Waals surface area contributed by atoms with Crippen LogP contribution in [0.25, 0.3) is 0 Å². The summed E-state index contributed by atoms with van der Waals surface area (Å²) in [6.45, 7) is 0. The van der Waals surface area contributed by atoms with E-state index in [1.165, 1.54) is 26.4 Å². The maximum absolute atomic E-state index is 12.3. The first-order chi connectivity index (χ1) is 9.06. The van der Waals surface area contributed by atoms with Gasteiger partial charge in [-0.15, -0.1) is 0 Å². The number of methoxy groups -OCH3 is 2. The lowest BCUT2D eigenvalue weighted by Crippen LogP contribution is -2.02. The van der Waals surface area contributed by atoms with Crippen LogP contribution < -0.4 is 9.47 Å². The molecule has 0 saturated carbocycles. The molecule has 0 unspecified atom stereocenters. The number of benzene rings is 1. The molecule has 0 aliphatic heterocycles. The van der Waals surface area contributed by atoms with Crippen molar-refractivity contribution in [2.24, 2.45) is 0 Å². The molecule has 2 rings (SSSR count). The molecule has 0 fully saturated rings. The molecular formula is C13H10BrClO4. The minimum absolute atomic E-state index is 0.195. The molecule has 0 bridgehead atoms. The van der Waals surface area contributed by atoms with E-state index in [0.29, 0.717) is 21.7 Å². The van der Waals surface area contributed by atoms with E-state index >= 15 is 0 Å². The van der Waals surface area contributed by atoms with E-state index in [1.807, 2.05) is 0 Å². The van der Waals surface area contributed by atoms with Crippen molar-refractivity contribution in [3.8, 4) is 11.5 Å². The lowest BCUT2D eigenvalue weighted by Gasteiger charge is -2.10. The van der Waals surface area contributed by atoms with Gasteiger partial charge in [-0.25, -0.2) is 0 Å². The second kappa shape index (κ2) is 5.67. The zero-order valence-corrected chi connectivity index (χ0v) is 12.5. The number of halogens is 2. The Bertz CT molecular complexity index is 621. The van der Waals surface area contributed by atoms with Crippen LogP contribution in [-0.2, 0) is 0 Å². The molecule has 0 atom stereocenters. The SMILES string of the molecule is COc1cc(Cl)c(C(=O)c2ccc(Br)o2)cc1OC. The predicted molar refractivity (Wildman–Crippen MR) is 74.4 cm³/mol. The van der Waals surface area contributed by atoms with E-state index in [4.69, 9.17) is 25.5 Å². The van der Waals surface area contributed by atoms with Crippen molar-refractivity contribution in [1.29, 1.82) is 0 Å². The molecule has 1 aromatic heterocycles. The van der Waals surface area contributed by atoms with Crippen LogP contribution in [0.15, 0.2) is 33.4 Å². The minimum atomic E-state index is -0.323. The third kappa shape index (κ3) is 2.77. The summed E-state index contributed by atoms with van der Waals surface area (Å²) in [7, 11) is 2.99. The Balaban J connectivity index is 2.47. The molecule has 0 radical (unpaired) electrons. The fourth-order valence-electron chi connectivity index (χ4n) is 1.60. The summed E-state index contributed by atoms with van der Waals surface area (Å²) < 4.78 is 16.0. The van der Waals surface area contributed by atoms with Crippen molar-refractivity contribution in [2.45, 2.75) is 0 Å². The Hall–Kier alpha value is -1.46. The van der Waals surface area contributed by atoms with Crippen molar-refractivity contribution < 1.29 is 18.7 Å².